The predicted octanol–water partition coefficient (Wildman–Crippen LogP) is 4.17. The van der Waals surface area contributed by atoms with Gasteiger partial charge in [-0.3, -0.25) is 14.4 Å². The number of fused-ring (bicyclic) bond motifs is 3. The lowest BCUT2D eigenvalue weighted by Crippen LogP contribution is -2.43. The highest BCUT2D eigenvalue weighted by molar-refractivity contribution is 7.09. The Morgan fingerprint density at radius 1 is 0.938 bits per heavy atom. The molecule has 2 aliphatic rings. The number of piperidine rings is 1. The second-order valence-electron chi connectivity index (χ2n) is 8.32. The zero-order valence-corrected chi connectivity index (χ0v) is 18.5. The van der Waals surface area contributed by atoms with Crippen LogP contribution in [0.5, 0.6) is 0 Å². The number of thiophene rings is 1. The van der Waals surface area contributed by atoms with Crippen molar-refractivity contribution in [2.45, 2.75) is 19.3 Å². The van der Waals surface area contributed by atoms with Crippen LogP contribution in [0.2, 0.25) is 0 Å². The van der Waals surface area contributed by atoms with Gasteiger partial charge < -0.3 is 10.2 Å². The molecule has 2 heterocycles. The highest BCUT2D eigenvalue weighted by atomic mass is 32.1. The average Bonchev–Trinajstić information content (AvgIpc) is 3.45. The Morgan fingerprint density at radius 2 is 1.69 bits per heavy atom. The van der Waals surface area contributed by atoms with Gasteiger partial charge in [0.05, 0.1) is 0 Å². The minimum absolute atomic E-state index is 0.0248. The Hall–Kier alpha value is -3.25. The largest absolute Gasteiger partial charge is 0.355 e. The number of amides is 2. The third kappa shape index (κ3) is 3.86. The predicted molar refractivity (Wildman–Crippen MR) is 125 cm³/mol. The summed E-state index contributed by atoms with van der Waals surface area (Å²) in [4.78, 5) is 41.4. The van der Waals surface area contributed by atoms with Gasteiger partial charge in [-0.15, -0.1) is 11.3 Å². The first kappa shape index (κ1) is 20.6. The van der Waals surface area contributed by atoms with E-state index in [2.05, 4.69) is 11.4 Å². The van der Waals surface area contributed by atoms with E-state index in [1.807, 2.05) is 41.8 Å². The van der Waals surface area contributed by atoms with E-state index in [1.165, 1.54) is 4.88 Å². The van der Waals surface area contributed by atoms with E-state index in [0.717, 1.165) is 17.5 Å². The lowest BCUT2D eigenvalue weighted by molar-refractivity contribution is -0.126. The van der Waals surface area contributed by atoms with Crippen molar-refractivity contribution in [3.8, 4) is 11.1 Å². The Bertz CT molecular complexity index is 1180. The van der Waals surface area contributed by atoms with Gasteiger partial charge in [-0.05, 0) is 54.0 Å². The number of likely N-dealkylation sites (tertiary alicyclic amines) is 1. The Kier molecular flexibility index (Phi) is 5.62. The summed E-state index contributed by atoms with van der Waals surface area (Å²) in [6, 6.07) is 17.0. The van der Waals surface area contributed by atoms with Gasteiger partial charge in [0.1, 0.15) is 0 Å². The van der Waals surface area contributed by atoms with Crippen molar-refractivity contribution >= 4 is 28.9 Å². The molecule has 5 nitrogen and oxygen atoms in total. The third-order valence-electron chi connectivity index (χ3n) is 6.38. The lowest BCUT2D eigenvalue weighted by Gasteiger charge is -2.31. The molecule has 0 spiro atoms. The quantitative estimate of drug-likeness (QED) is 0.502. The fourth-order valence-electron chi connectivity index (χ4n) is 4.60. The van der Waals surface area contributed by atoms with E-state index in [9.17, 15) is 14.4 Å². The van der Waals surface area contributed by atoms with Crippen LogP contribution in [-0.2, 0) is 11.2 Å². The molecule has 0 unspecified atom stereocenters. The van der Waals surface area contributed by atoms with Crippen molar-refractivity contribution in [1.82, 2.24) is 10.2 Å². The van der Waals surface area contributed by atoms with Crippen LogP contribution in [0.3, 0.4) is 0 Å². The molecule has 0 radical (unpaired) electrons. The van der Waals surface area contributed by atoms with Crippen LogP contribution in [-0.4, -0.2) is 42.1 Å². The number of benzene rings is 2. The van der Waals surface area contributed by atoms with Crippen LogP contribution in [0, 0.1) is 5.92 Å². The molecule has 2 aromatic carbocycles. The first-order chi connectivity index (χ1) is 15.6. The molecule has 1 fully saturated rings. The number of nitrogens with one attached hydrogen (secondary N) is 1. The molecular weight excluding hydrogens is 420 g/mol. The van der Waals surface area contributed by atoms with Crippen molar-refractivity contribution in [3.63, 3.8) is 0 Å². The molecule has 2 amide bonds. The minimum Gasteiger partial charge on any atom is -0.355 e. The fourth-order valence-corrected chi connectivity index (χ4v) is 5.31. The molecule has 1 aliphatic carbocycles. The number of carbonyl (C=O) groups is 3. The molecule has 0 atom stereocenters. The molecule has 0 bridgehead atoms. The molecule has 6 heteroatoms. The molecule has 162 valence electrons. The van der Waals surface area contributed by atoms with Gasteiger partial charge in [-0.2, -0.15) is 0 Å². The lowest BCUT2D eigenvalue weighted by atomic mass is 9.95. The monoisotopic (exact) mass is 444 g/mol. The number of hydrogen-bond donors (Lipinski definition) is 1. The van der Waals surface area contributed by atoms with Crippen molar-refractivity contribution in [1.29, 1.82) is 0 Å². The maximum absolute atomic E-state index is 13.1. The minimum atomic E-state index is -0.0758. The summed E-state index contributed by atoms with van der Waals surface area (Å²) in [5, 5.41) is 5.08. The zero-order valence-electron chi connectivity index (χ0n) is 17.7. The molecule has 5 rings (SSSR count). The van der Waals surface area contributed by atoms with Crippen LogP contribution in [0.15, 0.2) is 60.0 Å². The summed E-state index contributed by atoms with van der Waals surface area (Å²) in [5.41, 5.74) is 3.64. The van der Waals surface area contributed by atoms with E-state index in [-0.39, 0.29) is 23.5 Å². The summed E-state index contributed by atoms with van der Waals surface area (Å²) in [6.07, 6.45) is 2.17. The van der Waals surface area contributed by atoms with Crippen LogP contribution < -0.4 is 5.32 Å². The summed E-state index contributed by atoms with van der Waals surface area (Å²) < 4.78 is 0. The second-order valence-corrected chi connectivity index (χ2v) is 9.35. The van der Waals surface area contributed by atoms with Gasteiger partial charge in [0.15, 0.2) is 5.78 Å². The first-order valence-electron chi connectivity index (χ1n) is 11.0. The van der Waals surface area contributed by atoms with Gasteiger partial charge in [-0.25, -0.2) is 0 Å². The van der Waals surface area contributed by atoms with Crippen molar-refractivity contribution in [3.05, 3.63) is 81.5 Å². The Balaban J connectivity index is 1.18. The second kappa shape index (κ2) is 8.71. The van der Waals surface area contributed by atoms with Crippen molar-refractivity contribution in [2.24, 2.45) is 5.92 Å². The van der Waals surface area contributed by atoms with E-state index >= 15 is 0 Å². The molecule has 32 heavy (non-hydrogen) atoms. The third-order valence-corrected chi connectivity index (χ3v) is 7.31. The molecule has 3 aromatic rings. The molecule has 1 aromatic heterocycles. The van der Waals surface area contributed by atoms with Gasteiger partial charge in [0.25, 0.3) is 5.91 Å². The molecular formula is C26H24N2O3S. The summed E-state index contributed by atoms with van der Waals surface area (Å²) >= 11 is 1.70. The van der Waals surface area contributed by atoms with Crippen molar-refractivity contribution in [2.75, 3.05) is 19.6 Å². The van der Waals surface area contributed by atoms with Crippen LogP contribution >= 0.6 is 11.3 Å². The van der Waals surface area contributed by atoms with Gasteiger partial charge in [-0.1, -0.05) is 36.4 Å². The fraction of sp³-hybridized carbons (Fsp3) is 0.269. The smallest absolute Gasteiger partial charge is 0.253 e. The molecule has 0 saturated carbocycles. The summed E-state index contributed by atoms with van der Waals surface area (Å²) in [6.45, 7) is 1.74. The van der Waals surface area contributed by atoms with E-state index in [0.29, 0.717) is 49.2 Å². The van der Waals surface area contributed by atoms with E-state index < -0.39 is 0 Å². The Labute approximate surface area is 191 Å². The SMILES string of the molecule is O=C1c2ccccc2-c2ccc(C(=O)N3CCC(C(=O)NCCc4cccs4)CC3)cc21. The number of hydrogen-bond acceptors (Lipinski definition) is 4. The van der Waals surface area contributed by atoms with E-state index in [1.54, 1.807) is 28.4 Å². The standard InChI is InChI=1S/C26H24N2O3S/c29-24-22-6-2-1-5-20(22)21-8-7-18(16-23(21)24)26(31)28-13-10-17(11-14-28)25(30)27-12-9-19-4-3-15-32-19/h1-8,15-17H,9-14H2,(H,27,30). The summed E-state index contributed by atoms with van der Waals surface area (Å²) in [5.74, 6) is -0.0793. The van der Waals surface area contributed by atoms with Gasteiger partial charge in [0.2, 0.25) is 5.91 Å². The first-order valence-corrected chi connectivity index (χ1v) is 11.9. The van der Waals surface area contributed by atoms with Gasteiger partial charge >= 0.3 is 0 Å². The number of carbonyl (C=O) groups excluding carboxylic acids is 3. The molecule has 1 aliphatic heterocycles. The van der Waals surface area contributed by atoms with Gasteiger partial charge in [0, 0.05) is 47.1 Å². The molecule has 1 N–H and O–H groups in total. The number of ketones is 1. The van der Waals surface area contributed by atoms with Crippen LogP contribution in [0.4, 0.5) is 0 Å². The normalized spacial score (nSPS) is 15.4. The maximum Gasteiger partial charge on any atom is 0.253 e. The van der Waals surface area contributed by atoms with Crippen LogP contribution in [0.25, 0.3) is 11.1 Å². The summed E-state index contributed by atoms with van der Waals surface area (Å²) in [7, 11) is 0. The van der Waals surface area contributed by atoms with E-state index in [4.69, 9.17) is 0 Å². The molecule has 1 saturated heterocycles. The highest BCUT2D eigenvalue weighted by Gasteiger charge is 2.30. The van der Waals surface area contributed by atoms with Crippen LogP contribution in [0.1, 0.15) is 44.0 Å². The zero-order chi connectivity index (χ0) is 22.1. The number of nitrogens with zero attached hydrogens (tertiary/aromatic N) is 1. The number of rotatable bonds is 5. The van der Waals surface area contributed by atoms with Crippen molar-refractivity contribution < 1.29 is 14.4 Å². The average molecular weight is 445 g/mol. The maximum atomic E-state index is 13.1. The topological polar surface area (TPSA) is 66.5 Å². The Morgan fingerprint density at radius 3 is 2.44 bits per heavy atom. The highest BCUT2D eigenvalue weighted by Crippen LogP contribution is 2.37.